The lowest BCUT2D eigenvalue weighted by atomic mass is 10.0. The fraction of sp³-hybridized carbons (Fsp3) is 0.692. The van der Waals surface area contributed by atoms with Crippen LogP contribution in [0.2, 0.25) is 0 Å². The van der Waals surface area contributed by atoms with E-state index in [-0.39, 0.29) is 0 Å². The molecular formula is C13H17NO. The molecule has 4 unspecified atom stereocenters. The molecule has 0 aliphatic heterocycles. The Morgan fingerprint density at radius 2 is 2.07 bits per heavy atom. The third-order valence-electron chi connectivity index (χ3n) is 4.86. The molecule has 80 valence electrons. The standard InChI is InChI=1S/C13H17NO/c1-2-10-5-9(1)11-12(10)13(11)14-6-8-3-4-15-7-8/h3-4,7,9-14H,1-2,5-6H2. The van der Waals surface area contributed by atoms with Gasteiger partial charge in [-0.1, -0.05) is 0 Å². The zero-order valence-electron chi connectivity index (χ0n) is 8.86. The molecule has 0 spiro atoms. The van der Waals surface area contributed by atoms with E-state index in [9.17, 15) is 0 Å². The van der Waals surface area contributed by atoms with E-state index in [2.05, 4.69) is 11.4 Å². The number of hydrogen-bond acceptors (Lipinski definition) is 2. The lowest BCUT2D eigenvalue weighted by Gasteiger charge is -2.09. The second-order valence-electron chi connectivity index (χ2n) is 5.53. The average molecular weight is 203 g/mol. The molecule has 1 aromatic heterocycles. The first kappa shape index (κ1) is 8.40. The van der Waals surface area contributed by atoms with Crippen LogP contribution in [0.1, 0.15) is 24.8 Å². The highest BCUT2D eigenvalue weighted by Crippen LogP contribution is 2.65. The maximum absolute atomic E-state index is 5.08. The van der Waals surface area contributed by atoms with Crippen molar-refractivity contribution >= 4 is 0 Å². The molecule has 1 aromatic rings. The van der Waals surface area contributed by atoms with Gasteiger partial charge in [0.05, 0.1) is 12.5 Å². The SMILES string of the molecule is c1cc(CNC2C3C4CCC(C4)C23)co1. The molecule has 3 saturated carbocycles. The van der Waals surface area contributed by atoms with Gasteiger partial charge < -0.3 is 9.73 Å². The Hall–Kier alpha value is -0.760. The molecule has 3 aliphatic carbocycles. The van der Waals surface area contributed by atoms with E-state index < -0.39 is 0 Å². The molecule has 1 heterocycles. The Kier molecular flexibility index (Phi) is 1.61. The third kappa shape index (κ3) is 1.14. The van der Waals surface area contributed by atoms with Crippen LogP contribution in [0.3, 0.4) is 0 Å². The Balaban J connectivity index is 1.39. The summed E-state index contributed by atoms with van der Waals surface area (Å²) >= 11 is 0. The zero-order valence-corrected chi connectivity index (χ0v) is 8.86. The summed E-state index contributed by atoms with van der Waals surface area (Å²) in [5.41, 5.74) is 1.28. The van der Waals surface area contributed by atoms with Crippen molar-refractivity contribution in [3.05, 3.63) is 24.2 Å². The monoisotopic (exact) mass is 203 g/mol. The molecule has 1 N–H and O–H groups in total. The summed E-state index contributed by atoms with van der Waals surface area (Å²) in [5, 5.41) is 3.70. The predicted octanol–water partition coefficient (Wildman–Crippen LogP) is 2.41. The topological polar surface area (TPSA) is 25.2 Å². The number of furan rings is 1. The first-order valence-electron chi connectivity index (χ1n) is 6.18. The number of nitrogens with one attached hydrogen (secondary N) is 1. The molecule has 15 heavy (non-hydrogen) atoms. The molecule has 3 aliphatic rings. The molecular weight excluding hydrogens is 186 g/mol. The minimum absolute atomic E-state index is 0.839. The van der Waals surface area contributed by atoms with E-state index in [4.69, 9.17) is 4.42 Å². The highest BCUT2D eigenvalue weighted by molar-refractivity contribution is 5.17. The molecule has 4 atom stereocenters. The van der Waals surface area contributed by atoms with Crippen LogP contribution in [0.4, 0.5) is 0 Å². The van der Waals surface area contributed by atoms with Crippen LogP contribution >= 0.6 is 0 Å². The first-order valence-corrected chi connectivity index (χ1v) is 6.18. The van der Waals surface area contributed by atoms with Gasteiger partial charge in [0.25, 0.3) is 0 Å². The van der Waals surface area contributed by atoms with Gasteiger partial charge in [0, 0.05) is 18.2 Å². The maximum atomic E-state index is 5.08. The molecule has 2 bridgehead atoms. The highest BCUT2D eigenvalue weighted by atomic mass is 16.3. The normalized spacial score (nSPS) is 45.7. The molecule has 0 aromatic carbocycles. The number of rotatable bonds is 3. The minimum atomic E-state index is 0.839. The molecule has 2 nitrogen and oxygen atoms in total. The number of fused-ring (bicyclic) bond motifs is 5. The van der Waals surface area contributed by atoms with Crippen molar-refractivity contribution in [2.75, 3.05) is 0 Å². The van der Waals surface area contributed by atoms with E-state index in [0.29, 0.717) is 0 Å². The molecule has 0 radical (unpaired) electrons. The van der Waals surface area contributed by atoms with E-state index in [1.807, 2.05) is 6.26 Å². The minimum Gasteiger partial charge on any atom is -0.472 e. The lowest BCUT2D eigenvalue weighted by Crippen LogP contribution is -2.22. The fourth-order valence-corrected chi connectivity index (χ4v) is 4.23. The van der Waals surface area contributed by atoms with E-state index in [1.165, 1.54) is 18.4 Å². The summed E-state index contributed by atoms with van der Waals surface area (Å²) in [6, 6.07) is 2.89. The van der Waals surface area contributed by atoms with Crippen molar-refractivity contribution in [2.45, 2.75) is 31.8 Å². The summed E-state index contributed by atoms with van der Waals surface area (Å²) < 4.78 is 5.08. The summed E-state index contributed by atoms with van der Waals surface area (Å²) in [6.45, 7) is 0.994. The van der Waals surface area contributed by atoms with Crippen molar-refractivity contribution < 1.29 is 4.42 Å². The van der Waals surface area contributed by atoms with Crippen LogP contribution in [0.15, 0.2) is 23.0 Å². The molecule has 4 rings (SSSR count). The van der Waals surface area contributed by atoms with Gasteiger partial charge in [-0.2, -0.15) is 0 Å². The fourth-order valence-electron chi connectivity index (χ4n) is 4.23. The Morgan fingerprint density at radius 3 is 2.73 bits per heavy atom. The Bertz CT molecular complexity index is 343. The maximum Gasteiger partial charge on any atom is 0.0947 e. The van der Waals surface area contributed by atoms with Gasteiger partial charge in [0.1, 0.15) is 0 Å². The predicted molar refractivity (Wildman–Crippen MR) is 57.1 cm³/mol. The van der Waals surface area contributed by atoms with Gasteiger partial charge in [0.2, 0.25) is 0 Å². The highest BCUT2D eigenvalue weighted by Gasteiger charge is 2.64. The molecule has 0 amide bonds. The Labute approximate surface area is 90.0 Å². The van der Waals surface area contributed by atoms with Crippen molar-refractivity contribution in [1.29, 1.82) is 0 Å². The number of hydrogen-bond donors (Lipinski definition) is 1. The molecule has 2 heteroatoms. The van der Waals surface area contributed by atoms with Crippen LogP contribution in [-0.2, 0) is 6.54 Å². The van der Waals surface area contributed by atoms with Gasteiger partial charge >= 0.3 is 0 Å². The van der Waals surface area contributed by atoms with Crippen LogP contribution in [0, 0.1) is 23.7 Å². The smallest absolute Gasteiger partial charge is 0.0947 e. The molecule has 0 saturated heterocycles. The van der Waals surface area contributed by atoms with Gasteiger partial charge in [-0.15, -0.1) is 0 Å². The van der Waals surface area contributed by atoms with Crippen molar-refractivity contribution in [1.82, 2.24) is 5.32 Å². The third-order valence-corrected chi connectivity index (χ3v) is 4.86. The van der Waals surface area contributed by atoms with Crippen LogP contribution in [-0.4, -0.2) is 6.04 Å². The molecule has 3 fully saturated rings. The van der Waals surface area contributed by atoms with Crippen molar-refractivity contribution in [3.8, 4) is 0 Å². The first-order chi connectivity index (χ1) is 7.43. The zero-order chi connectivity index (χ0) is 9.83. The van der Waals surface area contributed by atoms with Gasteiger partial charge in [-0.3, -0.25) is 0 Å². The van der Waals surface area contributed by atoms with E-state index >= 15 is 0 Å². The summed E-state index contributed by atoms with van der Waals surface area (Å²) in [7, 11) is 0. The quantitative estimate of drug-likeness (QED) is 0.816. The van der Waals surface area contributed by atoms with Crippen molar-refractivity contribution in [2.24, 2.45) is 23.7 Å². The lowest BCUT2D eigenvalue weighted by molar-refractivity contribution is 0.456. The second-order valence-corrected chi connectivity index (χ2v) is 5.53. The summed E-state index contributed by atoms with van der Waals surface area (Å²) in [6.07, 6.45) is 8.17. The summed E-state index contributed by atoms with van der Waals surface area (Å²) in [4.78, 5) is 0. The van der Waals surface area contributed by atoms with E-state index in [0.717, 1.165) is 36.3 Å². The summed E-state index contributed by atoms with van der Waals surface area (Å²) in [5.74, 6) is 4.22. The van der Waals surface area contributed by atoms with Gasteiger partial charge in [-0.25, -0.2) is 0 Å². The largest absolute Gasteiger partial charge is 0.472 e. The average Bonchev–Trinajstić information content (AvgIpc) is 2.72. The van der Waals surface area contributed by atoms with Gasteiger partial charge in [0.15, 0.2) is 0 Å². The Morgan fingerprint density at radius 1 is 1.27 bits per heavy atom. The van der Waals surface area contributed by atoms with Crippen molar-refractivity contribution in [3.63, 3.8) is 0 Å². The second kappa shape index (κ2) is 2.88. The van der Waals surface area contributed by atoms with Gasteiger partial charge in [-0.05, 0) is 49.0 Å². The van der Waals surface area contributed by atoms with Crippen LogP contribution < -0.4 is 5.32 Å². The van der Waals surface area contributed by atoms with Crippen LogP contribution in [0.25, 0.3) is 0 Å². The van der Waals surface area contributed by atoms with Crippen LogP contribution in [0.5, 0.6) is 0 Å². The van der Waals surface area contributed by atoms with E-state index in [1.54, 1.807) is 12.7 Å².